The maximum absolute atomic E-state index is 12.7. The summed E-state index contributed by atoms with van der Waals surface area (Å²) in [5, 5.41) is 3.99. The highest BCUT2D eigenvalue weighted by molar-refractivity contribution is 5.92. The van der Waals surface area contributed by atoms with E-state index in [0.717, 1.165) is 51.0 Å². The number of hydrogen-bond donors (Lipinski definition) is 0. The Kier molecular flexibility index (Phi) is 3.90. The molecule has 1 aliphatic heterocycles. The molecule has 4 heteroatoms. The van der Waals surface area contributed by atoms with Crippen molar-refractivity contribution in [1.29, 1.82) is 0 Å². The molecule has 2 fully saturated rings. The molecule has 2 aliphatic rings. The fourth-order valence-electron chi connectivity index (χ4n) is 3.47. The van der Waals surface area contributed by atoms with Crippen LogP contribution >= 0.6 is 0 Å². The van der Waals surface area contributed by atoms with Gasteiger partial charge in [-0.05, 0) is 43.6 Å². The molecule has 0 spiro atoms. The number of nitrogens with zero attached hydrogens (tertiary/aromatic N) is 2. The average molecular weight is 310 g/mol. The molecule has 2 aromatic rings. The monoisotopic (exact) mass is 310 g/mol. The molecule has 1 amide bonds. The molecule has 4 rings (SSSR count). The quantitative estimate of drug-likeness (QED) is 0.862. The van der Waals surface area contributed by atoms with Gasteiger partial charge in [0.2, 0.25) is 0 Å². The van der Waals surface area contributed by atoms with Crippen LogP contribution in [0.1, 0.15) is 65.8 Å². The Balaban J connectivity index is 1.42. The van der Waals surface area contributed by atoms with Crippen molar-refractivity contribution in [2.24, 2.45) is 0 Å². The lowest BCUT2D eigenvalue weighted by Crippen LogP contribution is -2.32. The van der Waals surface area contributed by atoms with Gasteiger partial charge in [-0.15, -0.1) is 0 Å². The predicted octanol–water partition coefficient (Wildman–Crippen LogP) is 3.96. The van der Waals surface area contributed by atoms with Crippen LogP contribution in [0, 0.1) is 0 Å². The predicted molar refractivity (Wildman–Crippen MR) is 87.4 cm³/mol. The van der Waals surface area contributed by atoms with Gasteiger partial charge in [0.25, 0.3) is 5.91 Å². The molecular formula is C19H22N2O2. The van der Waals surface area contributed by atoms with Gasteiger partial charge in [0.05, 0.1) is 0 Å². The molecule has 120 valence electrons. The van der Waals surface area contributed by atoms with Gasteiger partial charge in [0, 0.05) is 25.1 Å². The van der Waals surface area contributed by atoms with E-state index < -0.39 is 0 Å². The van der Waals surface area contributed by atoms with E-state index in [0.29, 0.717) is 17.5 Å². The van der Waals surface area contributed by atoms with Crippen molar-refractivity contribution in [2.75, 3.05) is 13.1 Å². The van der Waals surface area contributed by atoms with Crippen LogP contribution in [0.3, 0.4) is 0 Å². The lowest BCUT2D eigenvalue weighted by Gasteiger charge is -2.19. The van der Waals surface area contributed by atoms with Crippen LogP contribution in [-0.4, -0.2) is 29.1 Å². The third-order valence-corrected chi connectivity index (χ3v) is 5.01. The first-order chi connectivity index (χ1) is 11.3. The van der Waals surface area contributed by atoms with E-state index in [1.807, 2.05) is 11.0 Å². The smallest absolute Gasteiger partial charge is 0.276 e. The van der Waals surface area contributed by atoms with Crippen molar-refractivity contribution in [1.82, 2.24) is 10.1 Å². The third-order valence-electron chi connectivity index (χ3n) is 5.01. The Labute approximate surface area is 136 Å². The van der Waals surface area contributed by atoms with E-state index in [-0.39, 0.29) is 5.91 Å². The minimum atomic E-state index is 0.0226. The summed E-state index contributed by atoms with van der Waals surface area (Å²) in [7, 11) is 0. The summed E-state index contributed by atoms with van der Waals surface area (Å²) in [5.74, 6) is 1.95. The largest absolute Gasteiger partial charge is 0.360 e. The molecule has 1 saturated heterocycles. The molecule has 0 bridgehead atoms. The molecule has 23 heavy (non-hydrogen) atoms. The summed E-state index contributed by atoms with van der Waals surface area (Å²) in [6, 6.07) is 12.5. The van der Waals surface area contributed by atoms with E-state index in [9.17, 15) is 4.79 Å². The molecule has 0 radical (unpaired) electrons. The van der Waals surface area contributed by atoms with Gasteiger partial charge in [-0.2, -0.15) is 0 Å². The summed E-state index contributed by atoms with van der Waals surface area (Å²) in [6.45, 7) is 1.61. The van der Waals surface area contributed by atoms with Crippen molar-refractivity contribution in [2.45, 2.75) is 43.9 Å². The molecule has 1 saturated carbocycles. The number of carbonyl (C=O) groups is 1. The third kappa shape index (κ3) is 3.16. The van der Waals surface area contributed by atoms with Crippen LogP contribution in [0.4, 0.5) is 0 Å². The number of benzene rings is 1. The Hall–Kier alpha value is -2.10. The zero-order valence-electron chi connectivity index (χ0n) is 13.3. The molecule has 1 aromatic heterocycles. The first-order valence-electron chi connectivity index (χ1n) is 8.62. The molecule has 0 N–H and O–H groups in total. The van der Waals surface area contributed by atoms with Crippen molar-refractivity contribution in [3.05, 3.63) is 53.4 Å². The highest BCUT2D eigenvalue weighted by Crippen LogP contribution is 2.40. The summed E-state index contributed by atoms with van der Waals surface area (Å²) in [4.78, 5) is 14.6. The normalized spacial score (nSPS) is 21.9. The zero-order valence-corrected chi connectivity index (χ0v) is 13.3. The highest BCUT2D eigenvalue weighted by atomic mass is 16.5. The number of amides is 1. The summed E-state index contributed by atoms with van der Waals surface area (Å²) >= 11 is 0. The van der Waals surface area contributed by atoms with Crippen LogP contribution in [0.25, 0.3) is 0 Å². The minimum absolute atomic E-state index is 0.0226. The van der Waals surface area contributed by atoms with Gasteiger partial charge in [0.15, 0.2) is 5.69 Å². The Morgan fingerprint density at radius 2 is 1.87 bits per heavy atom. The van der Waals surface area contributed by atoms with Crippen molar-refractivity contribution in [3.63, 3.8) is 0 Å². The minimum Gasteiger partial charge on any atom is -0.360 e. The fourth-order valence-corrected chi connectivity index (χ4v) is 3.47. The van der Waals surface area contributed by atoms with Crippen molar-refractivity contribution >= 4 is 5.91 Å². The van der Waals surface area contributed by atoms with E-state index in [1.165, 1.54) is 5.56 Å². The number of aromatic nitrogens is 1. The Bertz CT molecular complexity index is 676. The second-order valence-corrected chi connectivity index (χ2v) is 6.72. The highest BCUT2D eigenvalue weighted by Gasteiger charge is 2.30. The van der Waals surface area contributed by atoms with Gasteiger partial charge in [-0.3, -0.25) is 4.79 Å². The van der Waals surface area contributed by atoms with Crippen LogP contribution in [0.5, 0.6) is 0 Å². The van der Waals surface area contributed by atoms with E-state index in [2.05, 4.69) is 35.5 Å². The lowest BCUT2D eigenvalue weighted by atomic mass is 9.92. The van der Waals surface area contributed by atoms with Gasteiger partial charge >= 0.3 is 0 Å². The summed E-state index contributed by atoms with van der Waals surface area (Å²) in [5.41, 5.74) is 1.87. The number of carbonyl (C=O) groups excluding carboxylic acids is 1. The van der Waals surface area contributed by atoms with Gasteiger partial charge < -0.3 is 9.42 Å². The Morgan fingerprint density at radius 3 is 2.65 bits per heavy atom. The number of rotatable bonds is 3. The number of hydrogen-bond acceptors (Lipinski definition) is 3. The van der Waals surface area contributed by atoms with Gasteiger partial charge in [-0.1, -0.05) is 35.5 Å². The zero-order chi connectivity index (χ0) is 15.6. The molecule has 1 atom stereocenters. The van der Waals surface area contributed by atoms with Gasteiger partial charge in [-0.25, -0.2) is 0 Å². The second-order valence-electron chi connectivity index (χ2n) is 6.72. The van der Waals surface area contributed by atoms with Crippen LogP contribution in [-0.2, 0) is 0 Å². The summed E-state index contributed by atoms with van der Waals surface area (Å²) in [6.07, 6.45) is 5.51. The molecule has 0 unspecified atom stereocenters. The maximum Gasteiger partial charge on any atom is 0.276 e. The standard InChI is InChI=1S/C19H22N2O2/c22-19(17-13-18(23-20-17)16-8-9-16)21-11-4-7-15(10-12-21)14-5-2-1-3-6-14/h1-3,5-6,13,15-16H,4,7-12H2/t15-/m0/s1. The molecule has 1 aliphatic carbocycles. The molecular weight excluding hydrogens is 288 g/mol. The second kappa shape index (κ2) is 6.19. The number of likely N-dealkylation sites (tertiary alicyclic amines) is 1. The fraction of sp³-hybridized carbons (Fsp3) is 0.474. The van der Waals surface area contributed by atoms with E-state index >= 15 is 0 Å². The van der Waals surface area contributed by atoms with E-state index in [4.69, 9.17) is 4.52 Å². The molecule has 1 aromatic carbocycles. The average Bonchev–Trinajstić information content (AvgIpc) is 3.37. The van der Waals surface area contributed by atoms with Gasteiger partial charge in [0.1, 0.15) is 5.76 Å². The Morgan fingerprint density at radius 1 is 1.04 bits per heavy atom. The maximum atomic E-state index is 12.7. The first kappa shape index (κ1) is 14.5. The SMILES string of the molecule is O=C(c1cc(C2CC2)on1)N1CCC[C@H](c2ccccc2)CC1. The van der Waals surface area contributed by atoms with Crippen LogP contribution < -0.4 is 0 Å². The topological polar surface area (TPSA) is 46.3 Å². The first-order valence-corrected chi connectivity index (χ1v) is 8.62. The molecule has 4 nitrogen and oxygen atoms in total. The molecule has 2 heterocycles. The van der Waals surface area contributed by atoms with Crippen molar-refractivity contribution in [3.8, 4) is 0 Å². The van der Waals surface area contributed by atoms with Crippen LogP contribution in [0.15, 0.2) is 40.9 Å². The van der Waals surface area contributed by atoms with Crippen LogP contribution in [0.2, 0.25) is 0 Å². The van der Waals surface area contributed by atoms with Crippen molar-refractivity contribution < 1.29 is 9.32 Å². The van der Waals surface area contributed by atoms with E-state index in [1.54, 1.807) is 0 Å². The summed E-state index contributed by atoms with van der Waals surface area (Å²) < 4.78 is 5.32. The lowest BCUT2D eigenvalue weighted by molar-refractivity contribution is 0.0750.